The van der Waals surface area contributed by atoms with Gasteiger partial charge in [0.1, 0.15) is 11.9 Å². The van der Waals surface area contributed by atoms with Gasteiger partial charge in [0, 0.05) is 26.6 Å². The second-order valence-corrected chi connectivity index (χ2v) is 5.85. The molecule has 8 nitrogen and oxygen atoms in total. The first kappa shape index (κ1) is 18.7. The van der Waals surface area contributed by atoms with Gasteiger partial charge in [-0.1, -0.05) is 12.1 Å². The van der Waals surface area contributed by atoms with Crippen molar-refractivity contribution in [3.8, 4) is 5.75 Å². The van der Waals surface area contributed by atoms with Crippen molar-refractivity contribution in [3.05, 3.63) is 29.8 Å². The summed E-state index contributed by atoms with van der Waals surface area (Å²) in [5, 5.41) is 5.66. The van der Waals surface area contributed by atoms with E-state index in [-0.39, 0.29) is 12.5 Å². The third-order valence-corrected chi connectivity index (χ3v) is 4.31. The molecule has 136 valence electrons. The van der Waals surface area contributed by atoms with Gasteiger partial charge in [-0.15, -0.1) is 0 Å². The maximum Gasteiger partial charge on any atom is 0.226 e. The summed E-state index contributed by atoms with van der Waals surface area (Å²) in [4.78, 5) is 36.4. The van der Waals surface area contributed by atoms with Crippen molar-refractivity contribution >= 4 is 18.7 Å². The number of ether oxygens (including phenoxy) is 1. The first-order valence-corrected chi connectivity index (χ1v) is 8.14. The van der Waals surface area contributed by atoms with Crippen LogP contribution in [0.5, 0.6) is 5.75 Å². The lowest BCUT2D eigenvalue weighted by Crippen LogP contribution is -2.60. The van der Waals surface area contributed by atoms with Crippen molar-refractivity contribution in [2.24, 2.45) is 0 Å². The number of rotatable bonds is 7. The molecule has 1 fully saturated rings. The minimum Gasteiger partial charge on any atom is -0.497 e. The van der Waals surface area contributed by atoms with Crippen LogP contribution in [0.25, 0.3) is 0 Å². The fourth-order valence-corrected chi connectivity index (χ4v) is 2.80. The maximum absolute atomic E-state index is 12.4. The van der Waals surface area contributed by atoms with Crippen LogP contribution >= 0.6 is 0 Å². The minimum absolute atomic E-state index is 0.00334. The second-order valence-electron chi connectivity index (χ2n) is 5.85. The average Bonchev–Trinajstić information content (AvgIpc) is 2.63. The summed E-state index contributed by atoms with van der Waals surface area (Å²) in [6.45, 7) is 1.17. The van der Waals surface area contributed by atoms with E-state index in [2.05, 4.69) is 5.32 Å². The van der Waals surface area contributed by atoms with Crippen molar-refractivity contribution in [2.75, 3.05) is 33.8 Å². The van der Waals surface area contributed by atoms with Crippen LogP contribution < -0.4 is 10.1 Å². The van der Waals surface area contributed by atoms with Crippen LogP contribution in [-0.2, 0) is 20.8 Å². The van der Waals surface area contributed by atoms with Crippen LogP contribution in [0.3, 0.4) is 0 Å². The predicted octanol–water partition coefficient (Wildman–Crippen LogP) is -0.153. The molecule has 1 aliphatic rings. The van der Waals surface area contributed by atoms with Gasteiger partial charge >= 0.3 is 0 Å². The zero-order valence-electron chi connectivity index (χ0n) is 14.6. The highest BCUT2D eigenvalue weighted by Gasteiger charge is 2.28. The number of hydrogen-bond donors (Lipinski definition) is 1. The molecule has 0 bridgehead atoms. The van der Waals surface area contributed by atoms with Crippen molar-refractivity contribution in [2.45, 2.75) is 19.0 Å². The summed E-state index contributed by atoms with van der Waals surface area (Å²) in [7, 11) is 3.33. The monoisotopic (exact) mass is 348 g/mol. The van der Waals surface area contributed by atoms with Crippen LogP contribution in [0.4, 0.5) is 0 Å². The number of benzene rings is 1. The van der Waals surface area contributed by atoms with Crippen LogP contribution in [0.1, 0.15) is 12.0 Å². The summed E-state index contributed by atoms with van der Waals surface area (Å²) < 4.78 is 5.14. The lowest BCUT2D eigenvalue weighted by molar-refractivity contribution is -0.152. The van der Waals surface area contributed by atoms with Gasteiger partial charge in [0.15, 0.2) is 0 Å². The maximum atomic E-state index is 12.4. The van der Waals surface area contributed by atoms with Crippen LogP contribution in [0.2, 0.25) is 0 Å². The number of hydrogen-bond acceptors (Lipinski definition) is 5. The smallest absolute Gasteiger partial charge is 0.226 e. The average molecular weight is 348 g/mol. The van der Waals surface area contributed by atoms with E-state index < -0.39 is 6.17 Å². The SMILES string of the molecule is COc1ccc(CCN2CC(NC=O)N(C=O)N(C)CCC2=O)cc1. The number of carbonyl (C=O) groups is 3. The molecule has 1 saturated heterocycles. The molecule has 2 rings (SSSR count). The molecule has 0 spiro atoms. The summed E-state index contributed by atoms with van der Waals surface area (Å²) >= 11 is 0. The highest BCUT2D eigenvalue weighted by Crippen LogP contribution is 2.14. The highest BCUT2D eigenvalue weighted by atomic mass is 16.5. The van der Waals surface area contributed by atoms with Gasteiger partial charge in [-0.2, -0.15) is 0 Å². The quantitative estimate of drug-likeness (QED) is 0.693. The van der Waals surface area contributed by atoms with Crippen molar-refractivity contribution in [1.29, 1.82) is 0 Å². The molecule has 0 saturated carbocycles. The Hall–Kier alpha value is -2.61. The predicted molar refractivity (Wildman–Crippen MR) is 91.4 cm³/mol. The van der Waals surface area contributed by atoms with Gasteiger partial charge in [0.2, 0.25) is 18.7 Å². The van der Waals surface area contributed by atoms with Gasteiger partial charge < -0.3 is 15.0 Å². The van der Waals surface area contributed by atoms with Crippen LogP contribution in [0, 0.1) is 0 Å². The zero-order valence-corrected chi connectivity index (χ0v) is 14.6. The van der Waals surface area contributed by atoms with E-state index in [9.17, 15) is 14.4 Å². The Kier molecular flexibility index (Phi) is 6.76. The van der Waals surface area contributed by atoms with E-state index in [0.29, 0.717) is 38.8 Å². The Morgan fingerprint density at radius 2 is 2.00 bits per heavy atom. The van der Waals surface area contributed by atoms with Crippen molar-refractivity contribution in [3.63, 3.8) is 0 Å². The normalized spacial score (nSPS) is 19.1. The minimum atomic E-state index is -0.583. The molecule has 1 aromatic rings. The first-order chi connectivity index (χ1) is 12.1. The topological polar surface area (TPSA) is 82.2 Å². The van der Waals surface area contributed by atoms with Crippen molar-refractivity contribution in [1.82, 2.24) is 20.2 Å². The highest BCUT2D eigenvalue weighted by molar-refractivity contribution is 5.76. The fourth-order valence-electron chi connectivity index (χ4n) is 2.80. The number of nitrogens with zero attached hydrogens (tertiary/aromatic N) is 3. The van der Waals surface area contributed by atoms with Crippen LogP contribution in [0.15, 0.2) is 24.3 Å². The lowest BCUT2D eigenvalue weighted by atomic mass is 10.1. The molecule has 1 heterocycles. The molecule has 0 radical (unpaired) electrons. The molecule has 8 heteroatoms. The Morgan fingerprint density at radius 1 is 1.28 bits per heavy atom. The number of nitrogens with one attached hydrogen (secondary N) is 1. The van der Waals surface area contributed by atoms with E-state index in [1.54, 1.807) is 24.1 Å². The lowest BCUT2D eigenvalue weighted by Gasteiger charge is -2.40. The third kappa shape index (κ3) is 4.93. The third-order valence-electron chi connectivity index (χ3n) is 4.31. The number of hydrazine groups is 1. The number of methoxy groups -OCH3 is 1. The Bertz CT molecular complexity index is 593. The molecule has 25 heavy (non-hydrogen) atoms. The standard InChI is InChI=1S/C17H24N4O4/c1-19-9-8-17(24)20(11-16(18-12-22)21(19)13-23)10-7-14-3-5-15(25-2)6-4-14/h3-6,12-13,16H,7-11H2,1-2H3,(H,18,22). The molecule has 1 atom stereocenters. The molecule has 0 aliphatic carbocycles. The summed E-state index contributed by atoms with van der Waals surface area (Å²) in [5.74, 6) is 0.787. The number of carbonyl (C=O) groups excluding carboxylic acids is 3. The van der Waals surface area contributed by atoms with E-state index in [0.717, 1.165) is 11.3 Å². The van der Waals surface area contributed by atoms with Gasteiger partial charge in [-0.25, -0.2) is 5.01 Å². The van der Waals surface area contributed by atoms with E-state index in [1.807, 2.05) is 24.3 Å². The Labute approximate surface area is 147 Å². The summed E-state index contributed by atoms with van der Waals surface area (Å²) in [5.41, 5.74) is 1.08. The molecule has 1 aliphatic heterocycles. The van der Waals surface area contributed by atoms with E-state index in [1.165, 1.54) is 5.01 Å². The van der Waals surface area contributed by atoms with Crippen LogP contribution in [-0.4, -0.2) is 73.6 Å². The molecule has 0 aromatic heterocycles. The van der Waals surface area contributed by atoms with Gasteiger partial charge in [0.05, 0.1) is 13.7 Å². The molecule has 3 amide bonds. The summed E-state index contributed by atoms with van der Waals surface area (Å²) in [6.07, 6.45) is 1.62. The molecular formula is C17H24N4O4. The molecule has 1 aromatic carbocycles. The molecule has 1 unspecified atom stereocenters. The van der Waals surface area contributed by atoms with Gasteiger partial charge in [0.25, 0.3) is 0 Å². The first-order valence-electron chi connectivity index (χ1n) is 8.14. The zero-order chi connectivity index (χ0) is 18.2. The van der Waals surface area contributed by atoms with E-state index in [4.69, 9.17) is 4.74 Å². The molecule has 1 N–H and O–H groups in total. The number of amides is 3. The van der Waals surface area contributed by atoms with Gasteiger partial charge in [-0.3, -0.25) is 19.4 Å². The summed E-state index contributed by atoms with van der Waals surface area (Å²) in [6, 6.07) is 7.68. The van der Waals surface area contributed by atoms with E-state index >= 15 is 0 Å². The fraction of sp³-hybridized carbons (Fsp3) is 0.471. The molecular weight excluding hydrogens is 324 g/mol. The van der Waals surface area contributed by atoms with Crippen molar-refractivity contribution < 1.29 is 19.1 Å². The Morgan fingerprint density at radius 3 is 2.60 bits per heavy atom. The second kappa shape index (κ2) is 9.03. The Balaban J connectivity index is 2.06. The van der Waals surface area contributed by atoms with Gasteiger partial charge in [-0.05, 0) is 24.1 Å². The largest absolute Gasteiger partial charge is 0.497 e.